The lowest BCUT2D eigenvalue weighted by Crippen LogP contribution is -2.32. The summed E-state index contributed by atoms with van der Waals surface area (Å²) in [5.41, 5.74) is 1.91. The summed E-state index contributed by atoms with van der Waals surface area (Å²) >= 11 is 0.940. The molecule has 1 aliphatic rings. The molecule has 1 saturated heterocycles. The number of hydrogen-bond donors (Lipinski definition) is 4. The highest BCUT2D eigenvalue weighted by Gasteiger charge is 2.31. The Balaban J connectivity index is 1.14. The van der Waals surface area contributed by atoms with Gasteiger partial charge in [0.1, 0.15) is 18.5 Å². The van der Waals surface area contributed by atoms with Crippen molar-refractivity contribution in [2.45, 2.75) is 17.9 Å². The number of fused-ring (bicyclic) bond motifs is 1. The third-order valence-electron chi connectivity index (χ3n) is 5.07. The van der Waals surface area contributed by atoms with Crippen LogP contribution in [0.3, 0.4) is 0 Å². The Labute approximate surface area is 190 Å². The van der Waals surface area contributed by atoms with Crippen molar-refractivity contribution in [2.75, 3.05) is 25.0 Å². The molecule has 3 aromatic rings. The zero-order chi connectivity index (χ0) is 22.3. The van der Waals surface area contributed by atoms with Gasteiger partial charge in [0.15, 0.2) is 5.37 Å². The highest BCUT2D eigenvalue weighted by molar-refractivity contribution is 8.15. The number of nitrogens with one attached hydrogen (secondary N) is 3. The van der Waals surface area contributed by atoms with E-state index in [0.29, 0.717) is 6.54 Å². The van der Waals surface area contributed by atoms with Crippen LogP contribution >= 0.6 is 11.8 Å². The summed E-state index contributed by atoms with van der Waals surface area (Å²) in [6, 6.07) is 21.7. The molecule has 7 nitrogen and oxygen atoms in total. The Hall–Kier alpha value is -3.07. The number of aliphatic hydroxyl groups is 1. The number of amides is 2. The van der Waals surface area contributed by atoms with E-state index in [2.05, 4.69) is 22.0 Å². The number of hydrogen-bond acceptors (Lipinski definition) is 7. The van der Waals surface area contributed by atoms with Crippen molar-refractivity contribution in [3.8, 4) is 5.75 Å². The van der Waals surface area contributed by atoms with Crippen molar-refractivity contribution in [2.24, 2.45) is 0 Å². The van der Waals surface area contributed by atoms with E-state index < -0.39 is 11.5 Å². The van der Waals surface area contributed by atoms with Crippen molar-refractivity contribution in [3.63, 3.8) is 0 Å². The van der Waals surface area contributed by atoms with Gasteiger partial charge in [-0.1, -0.05) is 42.5 Å². The van der Waals surface area contributed by atoms with E-state index in [-0.39, 0.29) is 17.8 Å². The van der Waals surface area contributed by atoms with Gasteiger partial charge in [0.05, 0.1) is 0 Å². The summed E-state index contributed by atoms with van der Waals surface area (Å²) in [5, 5.41) is 20.1. The number of anilines is 1. The fraction of sp³-hybridized carbons (Fsp3) is 0.250. The third-order valence-corrected chi connectivity index (χ3v) is 5.96. The van der Waals surface area contributed by atoms with Crippen molar-refractivity contribution in [1.29, 1.82) is 0 Å². The lowest BCUT2D eigenvalue weighted by Gasteiger charge is -2.14. The minimum atomic E-state index is -0.606. The van der Waals surface area contributed by atoms with Crippen LogP contribution in [0.15, 0.2) is 66.7 Å². The van der Waals surface area contributed by atoms with Crippen LogP contribution < -0.4 is 20.7 Å². The average Bonchev–Trinajstić information content (AvgIpc) is 3.12. The van der Waals surface area contributed by atoms with Crippen LogP contribution in [0, 0.1) is 0 Å². The van der Waals surface area contributed by atoms with Gasteiger partial charge in [-0.3, -0.25) is 14.9 Å². The molecule has 32 heavy (non-hydrogen) atoms. The molecule has 1 heterocycles. The Morgan fingerprint density at radius 3 is 2.56 bits per heavy atom. The van der Waals surface area contributed by atoms with Crippen LogP contribution in [0.25, 0.3) is 10.8 Å². The lowest BCUT2D eigenvalue weighted by atomic mass is 10.1. The molecule has 0 bridgehead atoms. The zero-order valence-corrected chi connectivity index (χ0v) is 18.2. The fourth-order valence-corrected chi connectivity index (χ4v) is 4.11. The van der Waals surface area contributed by atoms with Gasteiger partial charge in [-0.15, -0.1) is 0 Å². The minimum absolute atomic E-state index is 0.223. The molecule has 2 unspecified atom stereocenters. The number of imide groups is 1. The third kappa shape index (κ3) is 6.00. The lowest BCUT2D eigenvalue weighted by molar-refractivity contribution is -0.118. The molecular formula is C24H25N3O4S. The first-order chi connectivity index (χ1) is 15.6. The summed E-state index contributed by atoms with van der Waals surface area (Å²) in [7, 11) is 0. The fourth-order valence-electron chi connectivity index (χ4n) is 3.38. The number of aliphatic hydroxyl groups excluding tert-OH is 1. The summed E-state index contributed by atoms with van der Waals surface area (Å²) in [6.07, 6.45) is 0.196. The van der Waals surface area contributed by atoms with Gasteiger partial charge < -0.3 is 20.5 Å². The standard InChI is InChI=1S/C24H25N3O4S/c28-20(15-31-21-10-7-17-3-1-2-4-18(17)13-21)14-25-12-11-16-5-8-19(9-6-16)26-23-22(29)27-24(30)32-23/h1-10,13,20,23,25-26,28H,11-12,14-15H2,(H,27,29,30). The maximum absolute atomic E-state index is 11.6. The first kappa shape index (κ1) is 22.1. The SMILES string of the molecule is O=C1NC(=O)C(Nc2ccc(CCNCC(O)COc3ccc4ccccc4c3)cc2)S1. The highest BCUT2D eigenvalue weighted by atomic mass is 32.2. The van der Waals surface area contributed by atoms with E-state index in [9.17, 15) is 14.7 Å². The number of benzene rings is 3. The highest BCUT2D eigenvalue weighted by Crippen LogP contribution is 2.22. The molecule has 8 heteroatoms. The number of carbonyl (C=O) groups excluding carboxylic acids is 2. The molecule has 2 amide bonds. The molecule has 0 spiro atoms. The van der Waals surface area contributed by atoms with Crippen LogP contribution in [0.2, 0.25) is 0 Å². The molecule has 1 aliphatic heterocycles. The molecule has 0 aliphatic carbocycles. The minimum Gasteiger partial charge on any atom is -0.491 e. The van der Waals surface area contributed by atoms with Crippen molar-refractivity contribution < 1.29 is 19.4 Å². The molecule has 166 valence electrons. The van der Waals surface area contributed by atoms with E-state index in [1.54, 1.807) is 0 Å². The Bertz CT molecular complexity index is 1090. The first-order valence-corrected chi connectivity index (χ1v) is 11.3. The molecule has 0 aromatic heterocycles. The zero-order valence-electron chi connectivity index (χ0n) is 17.4. The van der Waals surface area contributed by atoms with Crippen LogP contribution in [0.5, 0.6) is 5.75 Å². The summed E-state index contributed by atoms with van der Waals surface area (Å²) < 4.78 is 5.72. The van der Waals surface area contributed by atoms with Gasteiger partial charge in [-0.05, 0) is 65.3 Å². The molecule has 1 fully saturated rings. The largest absolute Gasteiger partial charge is 0.491 e. The molecule has 4 N–H and O–H groups in total. The molecule has 4 rings (SSSR count). The van der Waals surface area contributed by atoms with E-state index in [1.807, 2.05) is 60.7 Å². The molecule has 3 aromatic carbocycles. The second-order valence-electron chi connectivity index (χ2n) is 7.54. The Kier molecular flexibility index (Phi) is 7.26. The smallest absolute Gasteiger partial charge is 0.288 e. The second kappa shape index (κ2) is 10.5. The van der Waals surface area contributed by atoms with Gasteiger partial charge in [0, 0.05) is 12.2 Å². The average molecular weight is 452 g/mol. The number of thioether (sulfide) groups is 1. The topological polar surface area (TPSA) is 99.7 Å². The van der Waals surface area contributed by atoms with Crippen LogP contribution in [0.1, 0.15) is 5.56 Å². The first-order valence-electron chi connectivity index (χ1n) is 10.4. The summed E-state index contributed by atoms with van der Waals surface area (Å²) in [6.45, 7) is 1.38. The van der Waals surface area contributed by atoms with Gasteiger partial charge in [0.2, 0.25) is 0 Å². The number of carbonyl (C=O) groups is 2. The summed E-state index contributed by atoms with van der Waals surface area (Å²) in [5.74, 6) is 0.422. The van der Waals surface area contributed by atoms with Crippen LogP contribution in [-0.4, -0.2) is 47.4 Å². The van der Waals surface area contributed by atoms with E-state index in [4.69, 9.17) is 4.74 Å². The monoisotopic (exact) mass is 451 g/mol. The van der Waals surface area contributed by atoms with Gasteiger partial charge in [0.25, 0.3) is 11.1 Å². The van der Waals surface area contributed by atoms with E-state index in [0.717, 1.165) is 52.5 Å². The number of rotatable bonds is 10. The predicted octanol–water partition coefficient (Wildman–Crippen LogP) is 3.13. The van der Waals surface area contributed by atoms with Crippen molar-refractivity contribution in [3.05, 3.63) is 72.3 Å². The van der Waals surface area contributed by atoms with Gasteiger partial charge in [-0.2, -0.15) is 0 Å². The van der Waals surface area contributed by atoms with E-state index >= 15 is 0 Å². The normalized spacial score (nSPS) is 16.7. The van der Waals surface area contributed by atoms with Gasteiger partial charge in [-0.25, -0.2) is 0 Å². The maximum Gasteiger partial charge on any atom is 0.288 e. The number of ether oxygens (including phenoxy) is 1. The molecule has 2 atom stereocenters. The quantitative estimate of drug-likeness (QED) is 0.352. The Morgan fingerprint density at radius 2 is 1.81 bits per heavy atom. The predicted molar refractivity (Wildman–Crippen MR) is 127 cm³/mol. The Morgan fingerprint density at radius 1 is 1.03 bits per heavy atom. The van der Waals surface area contributed by atoms with Gasteiger partial charge >= 0.3 is 0 Å². The maximum atomic E-state index is 11.6. The second-order valence-corrected chi connectivity index (χ2v) is 8.62. The molecule has 0 radical (unpaired) electrons. The van der Waals surface area contributed by atoms with Crippen LogP contribution in [-0.2, 0) is 11.2 Å². The molecule has 0 saturated carbocycles. The molecular weight excluding hydrogens is 426 g/mol. The van der Waals surface area contributed by atoms with Crippen molar-refractivity contribution in [1.82, 2.24) is 10.6 Å². The van der Waals surface area contributed by atoms with Crippen molar-refractivity contribution >= 4 is 39.4 Å². The van der Waals surface area contributed by atoms with E-state index in [1.165, 1.54) is 0 Å². The summed E-state index contributed by atoms with van der Waals surface area (Å²) in [4.78, 5) is 22.8. The van der Waals surface area contributed by atoms with Crippen LogP contribution in [0.4, 0.5) is 10.5 Å².